The molecule has 1 N–H and O–H groups in total. The van der Waals surface area contributed by atoms with E-state index in [2.05, 4.69) is 60.8 Å². The number of carbonyl (C=O) groups is 2. The molecule has 154 valence electrons. The van der Waals surface area contributed by atoms with E-state index in [1.54, 1.807) is 0 Å². The zero-order valence-electron chi connectivity index (χ0n) is 18.0. The van der Waals surface area contributed by atoms with E-state index in [1.807, 2.05) is 25.7 Å². The van der Waals surface area contributed by atoms with Gasteiger partial charge in [0, 0.05) is 25.6 Å². The van der Waals surface area contributed by atoms with Crippen LogP contribution in [0.3, 0.4) is 0 Å². The summed E-state index contributed by atoms with van der Waals surface area (Å²) in [5.41, 5.74) is 4.13. The summed E-state index contributed by atoms with van der Waals surface area (Å²) in [6.45, 7) is 9.06. The van der Waals surface area contributed by atoms with Crippen molar-refractivity contribution in [1.29, 1.82) is 0 Å². The number of amides is 2. The number of benzene rings is 2. The minimum Gasteiger partial charge on any atom is -0.353 e. The van der Waals surface area contributed by atoms with Crippen LogP contribution in [-0.2, 0) is 16.0 Å². The largest absolute Gasteiger partial charge is 0.353 e. The van der Waals surface area contributed by atoms with E-state index in [1.165, 1.54) is 11.1 Å². The molecule has 1 saturated heterocycles. The van der Waals surface area contributed by atoms with Crippen LogP contribution < -0.4 is 5.32 Å². The molecule has 1 heterocycles. The fourth-order valence-electron chi connectivity index (χ4n) is 4.13. The Morgan fingerprint density at radius 2 is 1.83 bits per heavy atom. The van der Waals surface area contributed by atoms with Crippen LogP contribution in [0.25, 0.3) is 11.1 Å². The Kier molecular flexibility index (Phi) is 6.41. The van der Waals surface area contributed by atoms with Crippen molar-refractivity contribution >= 4 is 11.8 Å². The Morgan fingerprint density at radius 3 is 2.48 bits per heavy atom. The topological polar surface area (TPSA) is 49.4 Å². The van der Waals surface area contributed by atoms with Gasteiger partial charge in [0.25, 0.3) is 0 Å². The Balaban J connectivity index is 1.88. The Morgan fingerprint density at radius 1 is 1.10 bits per heavy atom. The third kappa shape index (κ3) is 4.87. The van der Waals surface area contributed by atoms with E-state index in [4.69, 9.17) is 0 Å². The molecule has 2 amide bonds. The first-order valence-electron chi connectivity index (χ1n) is 10.6. The van der Waals surface area contributed by atoms with Gasteiger partial charge >= 0.3 is 0 Å². The van der Waals surface area contributed by atoms with Gasteiger partial charge in [0.2, 0.25) is 11.8 Å². The summed E-state index contributed by atoms with van der Waals surface area (Å²) in [5.74, 6) is 0.178. The summed E-state index contributed by atoms with van der Waals surface area (Å²) in [6, 6.07) is 17.0. The van der Waals surface area contributed by atoms with Crippen molar-refractivity contribution in [2.75, 3.05) is 13.1 Å². The highest BCUT2D eigenvalue weighted by Crippen LogP contribution is 2.36. The minimum atomic E-state index is -0.568. The molecule has 0 spiro atoms. The van der Waals surface area contributed by atoms with Gasteiger partial charge < -0.3 is 10.2 Å². The van der Waals surface area contributed by atoms with Crippen LogP contribution in [0, 0.1) is 12.3 Å². The van der Waals surface area contributed by atoms with Gasteiger partial charge in [-0.3, -0.25) is 9.59 Å². The van der Waals surface area contributed by atoms with Crippen LogP contribution in [0.5, 0.6) is 0 Å². The Bertz CT molecular complexity index is 873. The molecule has 2 aromatic rings. The highest BCUT2D eigenvalue weighted by atomic mass is 16.2. The molecular weight excluding hydrogens is 360 g/mol. The number of nitrogens with zero attached hydrogens (tertiary/aromatic N) is 1. The van der Waals surface area contributed by atoms with E-state index < -0.39 is 5.41 Å². The zero-order chi connectivity index (χ0) is 21.0. The summed E-state index contributed by atoms with van der Waals surface area (Å²) in [7, 11) is 0. The molecule has 0 bridgehead atoms. The van der Waals surface area contributed by atoms with Crippen molar-refractivity contribution in [1.82, 2.24) is 10.2 Å². The van der Waals surface area contributed by atoms with Crippen LogP contribution in [0.2, 0.25) is 0 Å². The number of likely N-dealkylation sites (tertiary alicyclic amines) is 1. The van der Waals surface area contributed by atoms with E-state index >= 15 is 0 Å². The van der Waals surface area contributed by atoms with Gasteiger partial charge in [-0.15, -0.1) is 0 Å². The minimum absolute atomic E-state index is 0.0552. The highest BCUT2D eigenvalue weighted by molar-refractivity contribution is 5.86. The molecule has 4 nitrogen and oxygen atoms in total. The van der Waals surface area contributed by atoms with Crippen LogP contribution in [0.15, 0.2) is 48.5 Å². The lowest BCUT2D eigenvalue weighted by Gasteiger charge is -2.29. The molecule has 3 rings (SSSR count). The van der Waals surface area contributed by atoms with Crippen LogP contribution in [0.1, 0.15) is 44.7 Å². The fourth-order valence-corrected chi connectivity index (χ4v) is 4.13. The SMILES string of the molecule is CCC(=O)N1CC[C@](Cc2cccc(-c3ccc(C)cc3)c2)(C(=O)NC(C)C)C1. The van der Waals surface area contributed by atoms with Gasteiger partial charge in [0.1, 0.15) is 0 Å². The average Bonchev–Trinajstić information content (AvgIpc) is 3.13. The van der Waals surface area contributed by atoms with Crippen LogP contribution in [-0.4, -0.2) is 35.8 Å². The molecule has 0 unspecified atom stereocenters. The molecule has 0 aromatic heterocycles. The Labute approximate surface area is 174 Å². The molecule has 0 saturated carbocycles. The second-order valence-corrected chi connectivity index (χ2v) is 8.57. The van der Waals surface area contributed by atoms with E-state index in [0.29, 0.717) is 32.4 Å². The monoisotopic (exact) mass is 392 g/mol. The third-order valence-corrected chi connectivity index (χ3v) is 5.76. The fraction of sp³-hybridized carbons (Fsp3) is 0.440. The molecular formula is C25H32N2O2. The molecule has 0 aliphatic carbocycles. The first kappa shape index (κ1) is 21.1. The molecule has 1 atom stereocenters. The maximum atomic E-state index is 13.2. The van der Waals surface area contributed by atoms with Crippen molar-refractivity contribution in [3.8, 4) is 11.1 Å². The lowest BCUT2D eigenvalue weighted by molar-refractivity contribution is -0.133. The van der Waals surface area contributed by atoms with Gasteiger partial charge in [0.15, 0.2) is 0 Å². The second-order valence-electron chi connectivity index (χ2n) is 8.57. The number of nitrogens with one attached hydrogen (secondary N) is 1. The van der Waals surface area contributed by atoms with Crippen LogP contribution in [0.4, 0.5) is 0 Å². The molecule has 1 aliphatic heterocycles. The van der Waals surface area contributed by atoms with E-state index in [0.717, 1.165) is 11.1 Å². The number of rotatable bonds is 6. The van der Waals surface area contributed by atoms with Gasteiger partial charge in [-0.1, -0.05) is 61.0 Å². The van der Waals surface area contributed by atoms with Gasteiger partial charge in [-0.25, -0.2) is 0 Å². The average molecular weight is 393 g/mol. The molecule has 1 fully saturated rings. The smallest absolute Gasteiger partial charge is 0.228 e. The van der Waals surface area contributed by atoms with Gasteiger partial charge in [0.05, 0.1) is 5.41 Å². The lowest BCUT2D eigenvalue weighted by Crippen LogP contribution is -2.47. The molecule has 2 aromatic carbocycles. The maximum absolute atomic E-state index is 13.2. The molecule has 0 radical (unpaired) electrons. The number of carbonyl (C=O) groups excluding carboxylic acids is 2. The molecule has 1 aliphatic rings. The standard InChI is InChI=1S/C25H32N2O2/c1-5-23(28)27-14-13-25(17-27,24(29)26-18(2)3)16-20-7-6-8-22(15-20)21-11-9-19(4)10-12-21/h6-12,15,18H,5,13-14,16-17H2,1-4H3,(H,26,29)/t25-/m1/s1. The van der Waals surface area contributed by atoms with Crippen molar-refractivity contribution in [3.05, 3.63) is 59.7 Å². The summed E-state index contributed by atoms with van der Waals surface area (Å²) >= 11 is 0. The lowest BCUT2D eigenvalue weighted by atomic mass is 9.79. The predicted molar refractivity (Wildman–Crippen MR) is 118 cm³/mol. The maximum Gasteiger partial charge on any atom is 0.228 e. The third-order valence-electron chi connectivity index (χ3n) is 5.76. The number of aryl methyl sites for hydroxylation is 1. The molecule has 29 heavy (non-hydrogen) atoms. The summed E-state index contributed by atoms with van der Waals surface area (Å²) < 4.78 is 0. The second kappa shape index (κ2) is 8.81. The number of hydrogen-bond donors (Lipinski definition) is 1. The zero-order valence-corrected chi connectivity index (χ0v) is 18.0. The summed E-state index contributed by atoms with van der Waals surface area (Å²) in [4.78, 5) is 27.3. The van der Waals surface area contributed by atoms with Gasteiger partial charge in [-0.2, -0.15) is 0 Å². The first-order valence-corrected chi connectivity index (χ1v) is 10.6. The predicted octanol–water partition coefficient (Wildman–Crippen LogP) is 4.36. The Hall–Kier alpha value is -2.62. The van der Waals surface area contributed by atoms with Gasteiger partial charge in [-0.05, 0) is 50.3 Å². The van der Waals surface area contributed by atoms with Crippen molar-refractivity contribution in [2.45, 2.75) is 53.0 Å². The number of hydrogen-bond acceptors (Lipinski definition) is 2. The van der Waals surface area contributed by atoms with Crippen molar-refractivity contribution in [2.24, 2.45) is 5.41 Å². The highest BCUT2D eigenvalue weighted by Gasteiger charge is 2.45. The van der Waals surface area contributed by atoms with Crippen molar-refractivity contribution in [3.63, 3.8) is 0 Å². The van der Waals surface area contributed by atoms with Crippen LogP contribution >= 0.6 is 0 Å². The summed E-state index contributed by atoms with van der Waals surface area (Å²) in [6.07, 6.45) is 1.82. The quantitative estimate of drug-likeness (QED) is 0.794. The normalized spacial score (nSPS) is 18.9. The molecule has 4 heteroatoms. The summed E-state index contributed by atoms with van der Waals surface area (Å²) in [5, 5.41) is 3.10. The van der Waals surface area contributed by atoms with E-state index in [-0.39, 0.29) is 17.9 Å². The first-order chi connectivity index (χ1) is 13.8. The van der Waals surface area contributed by atoms with Crippen molar-refractivity contribution < 1.29 is 9.59 Å². The van der Waals surface area contributed by atoms with E-state index in [9.17, 15) is 9.59 Å².